The van der Waals surface area contributed by atoms with Crippen molar-refractivity contribution >= 4 is 0 Å². The van der Waals surface area contributed by atoms with Gasteiger partial charge >= 0.3 is 0 Å². The maximum absolute atomic E-state index is 3.54. The molecule has 0 N–H and O–H groups in total. The molecule has 2 aromatic carbocycles. The van der Waals surface area contributed by atoms with E-state index in [2.05, 4.69) is 66.4 Å². The van der Waals surface area contributed by atoms with Crippen LogP contribution in [0.2, 0.25) is 0 Å². The van der Waals surface area contributed by atoms with E-state index < -0.39 is 0 Å². The summed E-state index contributed by atoms with van der Waals surface area (Å²) in [6.07, 6.45) is 5.37. The molecule has 1 atom stereocenters. The van der Waals surface area contributed by atoms with E-state index in [1.165, 1.54) is 31.2 Å². The van der Waals surface area contributed by atoms with Gasteiger partial charge in [0.2, 0.25) is 0 Å². The Bertz CT molecular complexity index is 580. The van der Waals surface area contributed by atoms with E-state index in [0.717, 1.165) is 11.5 Å². The minimum atomic E-state index is 0.388. The highest BCUT2D eigenvalue weighted by Crippen LogP contribution is 2.36. The van der Waals surface area contributed by atoms with Gasteiger partial charge in [-0.3, -0.25) is 0 Å². The highest BCUT2D eigenvalue weighted by Gasteiger charge is 2.24. The zero-order chi connectivity index (χ0) is 13.6. The molecule has 1 aliphatic carbocycles. The Morgan fingerprint density at radius 3 is 2.05 bits per heavy atom. The topological polar surface area (TPSA) is 0 Å². The molecule has 2 aromatic rings. The molecule has 0 spiro atoms. The maximum Gasteiger partial charge on any atom is 0.0484 e. The molecule has 1 aliphatic rings. The zero-order valence-corrected chi connectivity index (χ0v) is 11.8. The van der Waals surface area contributed by atoms with Gasteiger partial charge in [0.15, 0.2) is 0 Å². The molecule has 3 rings (SSSR count). The number of rotatable bonds is 2. The molecule has 0 saturated heterocycles. The molecule has 1 saturated carbocycles. The second-order valence-electron chi connectivity index (χ2n) is 5.57. The van der Waals surface area contributed by atoms with E-state index >= 15 is 0 Å². The van der Waals surface area contributed by atoms with E-state index in [-0.39, 0.29) is 0 Å². The Morgan fingerprint density at radius 1 is 0.800 bits per heavy atom. The van der Waals surface area contributed by atoms with Crippen molar-refractivity contribution in [2.45, 2.75) is 31.6 Å². The Kier molecular flexibility index (Phi) is 4.19. The third kappa shape index (κ3) is 3.11. The van der Waals surface area contributed by atoms with Crippen LogP contribution in [0.1, 0.15) is 42.7 Å². The monoisotopic (exact) mass is 260 g/mol. The molecule has 0 nitrogen and oxygen atoms in total. The van der Waals surface area contributed by atoms with E-state index in [9.17, 15) is 0 Å². The summed E-state index contributed by atoms with van der Waals surface area (Å²) < 4.78 is 0. The average molecular weight is 260 g/mol. The largest absolute Gasteiger partial charge is 0.0894 e. The molecule has 1 fully saturated rings. The SMILES string of the molecule is C(#C[C@@H](c1ccccc1)C1CCCC1)c1ccccc1. The zero-order valence-electron chi connectivity index (χ0n) is 11.8. The fourth-order valence-corrected chi connectivity index (χ4v) is 3.11. The summed E-state index contributed by atoms with van der Waals surface area (Å²) in [6.45, 7) is 0. The van der Waals surface area contributed by atoms with Gasteiger partial charge < -0.3 is 0 Å². The molecule has 0 aliphatic heterocycles. The van der Waals surface area contributed by atoms with Gasteiger partial charge in [0.1, 0.15) is 0 Å². The van der Waals surface area contributed by atoms with E-state index in [1.54, 1.807) is 0 Å². The lowest BCUT2D eigenvalue weighted by Gasteiger charge is -2.18. The minimum absolute atomic E-state index is 0.388. The van der Waals surface area contributed by atoms with Crippen LogP contribution in [-0.2, 0) is 0 Å². The molecule has 20 heavy (non-hydrogen) atoms. The van der Waals surface area contributed by atoms with E-state index in [0.29, 0.717) is 5.92 Å². The molecule has 0 aromatic heterocycles. The van der Waals surface area contributed by atoms with Crippen LogP contribution in [0.3, 0.4) is 0 Å². The van der Waals surface area contributed by atoms with Crippen molar-refractivity contribution < 1.29 is 0 Å². The fourth-order valence-electron chi connectivity index (χ4n) is 3.11. The highest BCUT2D eigenvalue weighted by atomic mass is 14.3. The van der Waals surface area contributed by atoms with Crippen LogP contribution in [-0.4, -0.2) is 0 Å². The molecule has 0 unspecified atom stereocenters. The van der Waals surface area contributed by atoms with Crippen molar-refractivity contribution in [1.82, 2.24) is 0 Å². The van der Waals surface area contributed by atoms with Crippen molar-refractivity contribution in [1.29, 1.82) is 0 Å². The summed E-state index contributed by atoms with van der Waals surface area (Å²) in [4.78, 5) is 0. The fraction of sp³-hybridized carbons (Fsp3) is 0.300. The molecule has 100 valence electrons. The van der Waals surface area contributed by atoms with Crippen molar-refractivity contribution in [3.8, 4) is 11.8 Å². The van der Waals surface area contributed by atoms with Crippen LogP contribution >= 0.6 is 0 Å². The van der Waals surface area contributed by atoms with Crippen LogP contribution in [0.5, 0.6) is 0 Å². The lowest BCUT2D eigenvalue weighted by Crippen LogP contribution is -2.07. The van der Waals surface area contributed by atoms with Gasteiger partial charge in [-0.2, -0.15) is 0 Å². The molecule has 0 heteroatoms. The first kappa shape index (κ1) is 13.0. The lowest BCUT2D eigenvalue weighted by atomic mass is 9.85. The summed E-state index contributed by atoms with van der Waals surface area (Å²) in [7, 11) is 0. The van der Waals surface area contributed by atoms with Gasteiger partial charge in [-0.15, -0.1) is 0 Å². The summed E-state index contributed by atoms with van der Waals surface area (Å²) in [5.74, 6) is 8.03. The lowest BCUT2D eigenvalue weighted by molar-refractivity contribution is 0.504. The predicted molar refractivity (Wildman–Crippen MR) is 84.5 cm³/mol. The van der Waals surface area contributed by atoms with Gasteiger partial charge in [0.05, 0.1) is 0 Å². The van der Waals surface area contributed by atoms with Gasteiger partial charge in [0.25, 0.3) is 0 Å². The standard InChI is InChI=1S/C20H20/c1-3-9-17(10-4-1)15-16-20(19-13-7-8-14-19)18-11-5-2-6-12-18/h1-6,9-12,19-20H,7-8,13-14H2/t20-/m0/s1. The van der Waals surface area contributed by atoms with Crippen molar-refractivity contribution in [3.63, 3.8) is 0 Å². The third-order valence-electron chi connectivity index (χ3n) is 4.18. The average Bonchev–Trinajstić information content (AvgIpc) is 3.04. The van der Waals surface area contributed by atoms with E-state index in [4.69, 9.17) is 0 Å². The van der Waals surface area contributed by atoms with Crippen LogP contribution in [0, 0.1) is 17.8 Å². The third-order valence-corrected chi connectivity index (χ3v) is 4.18. The molecule has 0 radical (unpaired) electrons. The second kappa shape index (κ2) is 6.44. The Labute approximate surface area is 121 Å². The highest BCUT2D eigenvalue weighted by molar-refractivity contribution is 5.38. The smallest absolute Gasteiger partial charge is 0.0484 e. The first-order chi connectivity index (χ1) is 9.93. The quantitative estimate of drug-likeness (QED) is 0.666. The summed E-state index contributed by atoms with van der Waals surface area (Å²) in [6, 6.07) is 21.1. The van der Waals surface area contributed by atoms with Crippen molar-refractivity contribution in [2.75, 3.05) is 0 Å². The number of hydrogen-bond acceptors (Lipinski definition) is 0. The normalized spacial score (nSPS) is 16.4. The van der Waals surface area contributed by atoms with Gasteiger partial charge in [0, 0.05) is 11.5 Å². The van der Waals surface area contributed by atoms with Crippen molar-refractivity contribution in [3.05, 3.63) is 71.8 Å². The predicted octanol–water partition coefficient (Wildman–Crippen LogP) is 5.01. The Hall–Kier alpha value is -2.00. The van der Waals surface area contributed by atoms with E-state index in [1.807, 2.05) is 6.07 Å². The van der Waals surface area contributed by atoms with Crippen LogP contribution < -0.4 is 0 Å². The molecule has 0 bridgehead atoms. The van der Waals surface area contributed by atoms with Gasteiger partial charge in [-0.05, 0) is 36.5 Å². The molecular formula is C20H20. The first-order valence-corrected chi connectivity index (χ1v) is 7.55. The van der Waals surface area contributed by atoms with Crippen LogP contribution in [0.4, 0.5) is 0 Å². The number of hydrogen-bond donors (Lipinski definition) is 0. The summed E-state index contributed by atoms with van der Waals surface area (Å²) >= 11 is 0. The summed E-state index contributed by atoms with van der Waals surface area (Å²) in [5, 5.41) is 0. The van der Waals surface area contributed by atoms with Gasteiger partial charge in [-0.25, -0.2) is 0 Å². The second-order valence-corrected chi connectivity index (χ2v) is 5.57. The summed E-state index contributed by atoms with van der Waals surface area (Å²) in [5.41, 5.74) is 2.49. The first-order valence-electron chi connectivity index (χ1n) is 7.55. The van der Waals surface area contributed by atoms with Gasteiger partial charge in [-0.1, -0.05) is 73.2 Å². The van der Waals surface area contributed by atoms with Crippen molar-refractivity contribution in [2.24, 2.45) is 5.92 Å². The Morgan fingerprint density at radius 2 is 1.40 bits per heavy atom. The molecular weight excluding hydrogens is 240 g/mol. The maximum atomic E-state index is 3.54. The molecule has 0 amide bonds. The molecule has 0 heterocycles. The van der Waals surface area contributed by atoms with Crippen LogP contribution in [0.15, 0.2) is 60.7 Å². The Balaban J connectivity index is 1.88. The minimum Gasteiger partial charge on any atom is -0.0894 e. The van der Waals surface area contributed by atoms with Crippen LogP contribution in [0.25, 0.3) is 0 Å². The number of benzene rings is 2.